The van der Waals surface area contributed by atoms with Gasteiger partial charge in [-0.1, -0.05) is 0 Å². The van der Waals surface area contributed by atoms with E-state index >= 15 is 0 Å². The highest BCUT2D eigenvalue weighted by atomic mass is 15.2. The lowest BCUT2D eigenvalue weighted by molar-refractivity contribution is 0.405. The van der Waals surface area contributed by atoms with Crippen LogP contribution in [-0.2, 0) is 0 Å². The van der Waals surface area contributed by atoms with Crippen molar-refractivity contribution < 1.29 is 0 Å². The van der Waals surface area contributed by atoms with Gasteiger partial charge in [-0.25, -0.2) is 4.98 Å². The number of fused-ring (bicyclic) bond motifs is 1. The van der Waals surface area contributed by atoms with E-state index in [1.165, 1.54) is 0 Å². The zero-order valence-corrected chi connectivity index (χ0v) is 11.7. The van der Waals surface area contributed by atoms with Crippen LogP contribution in [0.4, 0.5) is 11.8 Å². The molecule has 0 aliphatic carbocycles. The first-order valence-electron chi connectivity index (χ1n) is 6.54. The number of aromatic nitrogens is 4. The van der Waals surface area contributed by atoms with Gasteiger partial charge in [0.25, 0.3) is 0 Å². The molecule has 3 N–H and O–H groups in total. The molecule has 7 heteroatoms. The summed E-state index contributed by atoms with van der Waals surface area (Å²) >= 11 is 0. The summed E-state index contributed by atoms with van der Waals surface area (Å²) in [6, 6.07) is 0. The van der Waals surface area contributed by atoms with Crippen molar-refractivity contribution >= 4 is 22.9 Å². The van der Waals surface area contributed by atoms with Crippen LogP contribution in [0.2, 0.25) is 0 Å². The largest absolute Gasteiger partial charge is 0.368 e. The molecule has 2 aromatic heterocycles. The summed E-state index contributed by atoms with van der Waals surface area (Å²) in [7, 11) is 4.14. The molecule has 2 heterocycles. The SMILES string of the molecule is CCNc1nc(NCCCN(C)C)c2[nH]cnc2n1. The van der Waals surface area contributed by atoms with E-state index in [0.29, 0.717) is 11.6 Å². The molecule has 0 aliphatic heterocycles. The third-order valence-electron chi connectivity index (χ3n) is 2.70. The molecule has 0 aliphatic rings. The van der Waals surface area contributed by atoms with E-state index in [-0.39, 0.29) is 0 Å². The molecule has 0 bridgehead atoms. The van der Waals surface area contributed by atoms with Crippen molar-refractivity contribution in [2.75, 3.05) is 44.4 Å². The molecular formula is C12H21N7. The maximum Gasteiger partial charge on any atom is 0.226 e. The maximum atomic E-state index is 4.46. The van der Waals surface area contributed by atoms with Crippen LogP contribution in [0.3, 0.4) is 0 Å². The zero-order valence-electron chi connectivity index (χ0n) is 11.7. The third kappa shape index (κ3) is 3.54. The summed E-state index contributed by atoms with van der Waals surface area (Å²) in [5, 5.41) is 6.45. The maximum absolute atomic E-state index is 4.46. The van der Waals surface area contributed by atoms with Gasteiger partial charge in [-0.2, -0.15) is 9.97 Å². The lowest BCUT2D eigenvalue weighted by Crippen LogP contribution is -2.17. The second-order valence-electron chi connectivity index (χ2n) is 4.61. The molecule has 2 aromatic rings. The fraction of sp³-hybridized carbons (Fsp3) is 0.583. The molecule has 7 nitrogen and oxygen atoms in total. The number of H-pyrrole nitrogens is 1. The van der Waals surface area contributed by atoms with Gasteiger partial charge >= 0.3 is 0 Å². The van der Waals surface area contributed by atoms with Crippen molar-refractivity contribution in [1.82, 2.24) is 24.8 Å². The molecule has 19 heavy (non-hydrogen) atoms. The minimum Gasteiger partial charge on any atom is -0.368 e. The van der Waals surface area contributed by atoms with Crippen LogP contribution >= 0.6 is 0 Å². The van der Waals surface area contributed by atoms with E-state index in [2.05, 4.69) is 49.6 Å². The Morgan fingerprint density at radius 1 is 1.26 bits per heavy atom. The summed E-state index contributed by atoms with van der Waals surface area (Å²) in [5.41, 5.74) is 1.53. The Morgan fingerprint density at radius 2 is 2.11 bits per heavy atom. The molecular weight excluding hydrogens is 242 g/mol. The van der Waals surface area contributed by atoms with Gasteiger partial charge in [-0.15, -0.1) is 0 Å². The summed E-state index contributed by atoms with van der Waals surface area (Å²) < 4.78 is 0. The van der Waals surface area contributed by atoms with Crippen LogP contribution in [0, 0.1) is 0 Å². The molecule has 0 spiro atoms. The molecule has 0 amide bonds. The highest BCUT2D eigenvalue weighted by Crippen LogP contribution is 2.18. The fourth-order valence-electron chi connectivity index (χ4n) is 1.80. The average molecular weight is 263 g/mol. The van der Waals surface area contributed by atoms with Gasteiger partial charge in [-0.05, 0) is 34.0 Å². The van der Waals surface area contributed by atoms with Gasteiger partial charge in [0, 0.05) is 13.1 Å². The minimum atomic E-state index is 0.609. The lowest BCUT2D eigenvalue weighted by Gasteiger charge is -2.11. The topological polar surface area (TPSA) is 81.8 Å². The number of nitrogens with zero attached hydrogens (tertiary/aromatic N) is 4. The van der Waals surface area contributed by atoms with E-state index in [4.69, 9.17) is 0 Å². The van der Waals surface area contributed by atoms with Crippen LogP contribution in [0.5, 0.6) is 0 Å². The van der Waals surface area contributed by atoms with Crippen LogP contribution < -0.4 is 10.6 Å². The summed E-state index contributed by atoms with van der Waals surface area (Å²) in [6.07, 6.45) is 2.70. The second kappa shape index (κ2) is 6.33. The standard InChI is InChI=1S/C12H21N7/c1-4-13-12-17-10(14-6-5-7-19(2)3)9-11(18-12)16-8-15-9/h8H,4-7H2,1-3H3,(H3,13,14,15,16,17,18). The summed E-state index contributed by atoms with van der Waals surface area (Å²) in [4.78, 5) is 18.2. The number of aromatic amines is 1. The van der Waals surface area contributed by atoms with E-state index < -0.39 is 0 Å². The second-order valence-corrected chi connectivity index (χ2v) is 4.61. The molecule has 0 saturated heterocycles. The van der Waals surface area contributed by atoms with E-state index in [1.54, 1.807) is 6.33 Å². The molecule has 0 unspecified atom stereocenters. The van der Waals surface area contributed by atoms with E-state index in [9.17, 15) is 0 Å². The molecule has 104 valence electrons. The smallest absolute Gasteiger partial charge is 0.226 e. The first-order chi connectivity index (χ1) is 9.20. The Hall–Kier alpha value is -1.89. The molecule has 0 saturated carbocycles. The Morgan fingerprint density at radius 3 is 2.84 bits per heavy atom. The Balaban J connectivity index is 2.09. The van der Waals surface area contributed by atoms with E-state index in [1.807, 2.05) is 6.92 Å². The van der Waals surface area contributed by atoms with Gasteiger partial charge in [0.05, 0.1) is 6.33 Å². The van der Waals surface area contributed by atoms with Crippen molar-refractivity contribution in [3.05, 3.63) is 6.33 Å². The van der Waals surface area contributed by atoms with Crippen LogP contribution in [0.25, 0.3) is 11.2 Å². The lowest BCUT2D eigenvalue weighted by atomic mass is 10.4. The van der Waals surface area contributed by atoms with Crippen molar-refractivity contribution in [3.63, 3.8) is 0 Å². The van der Waals surface area contributed by atoms with Crippen LogP contribution in [0.1, 0.15) is 13.3 Å². The number of rotatable bonds is 7. The Bertz CT molecular complexity index is 520. The fourth-order valence-corrected chi connectivity index (χ4v) is 1.80. The summed E-state index contributed by atoms with van der Waals surface area (Å²) in [6.45, 7) is 4.72. The van der Waals surface area contributed by atoms with Crippen molar-refractivity contribution in [3.8, 4) is 0 Å². The normalized spacial score (nSPS) is 11.2. The number of nitrogens with one attached hydrogen (secondary N) is 3. The number of anilines is 2. The number of hydrogen-bond acceptors (Lipinski definition) is 6. The van der Waals surface area contributed by atoms with E-state index in [0.717, 1.165) is 37.4 Å². The predicted octanol–water partition coefficient (Wildman–Crippen LogP) is 1.15. The molecule has 0 atom stereocenters. The van der Waals surface area contributed by atoms with Crippen molar-refractivity contribution in [1.29, 1.82) is 0 Å². The first kappa shape index (κ1) is 13.5. The average Bonchev–Trinajstić information content (AvgIpc) is 2.83. The quantitative estimate of drug-likeness (QED) is 0.650. The van der Waals surface area contributed by atoms with Crippen molar-refractivity contribution in [2.24, 2.45) is 0 Å². The summed E-state index contributed by atoms with van der Waals surface area (Å²) in [5.74, 6) is 1.41. The Kier molecular flexibility index (Phi) is 4.51. The highest BCUT2D eigenvalue weighted by Gasteiger charge is 2.08. The molecule has 2 rings (SSSR count). The zero-order chi connectivity index (χ0) is 13.7. The Labute approximate surface area is 112 Å². The van der Waals surface area contributed by atoms with Gasteiger partial charge in [0.1, 0.15) is 5.52 Å². The van der Waals surface area contributed by atoms with Gasteiger partial charge in [0.2, 0.25) is 5.95 Å². The first-order valence-corrected chi connectivity index (χ1v) is 6.54. The minimum absolute atomic E-state index is 0.609. The molecule has 0 aromatic carbocycles. The van der Waals surface area contributed by atoms with Gasteiger partial charge in [0.15, 0.2) is 11.5 Å². The van der Waals surface area contributed by atoms with Gasteiger partial charge in [-0.3, -0.25) is 0 Å². The molecule has 0 fully saturated rings. The third-order valence-corrected chi connectivity index (χ3v) is 2.70. The monoisotopic (exact) mass is 263 g/mol. The predicted molar refractivity (Wildman–Crippen MR) is 77.5 cm³/mol. The van der Waals surface area contributed by atoms with Crippen LogP contribution in [0.15, 0.2) is 6.33 Å². The van der Waals surface area contributed by atoms with Gasteiger partial charge < -0.3 is 20.5 Å². The number of imidazole rings is 1. The highest BCUT2D eigenvalue weighted by molar-refractivity contribution is 5.83. The molecule has 0 radical (unpaired) electrons. The number of hydrogen-bond donors (Lipinski definition) is 3. The van der Waals surface area contributed by atoms with Crippen LogP contribution in [-0.4, -0.2) is 58.6 Å². The van der Waals surface area contributed by atoms with Crippen molar-refractivity contribution in [2.45, 2.75) is 13.3 Å².